The van der Waals surface area contributed by atoms with Crippen LogP contribution >= 0.6 is 0 Å². The third-order valence-corrected chi connectivity index (χ3v) is 5.65. The molecule has 1 unspecified atom stereocenters. The summed E-state index contributed by atoms with van der Waals surface area (Å²) in [5.74, 6) is -0.0296. The molecule has 0 aliphatic carbocycles. The van der Waals surface area contributed by atoms with Crippen LogP contribution in [-0.2, 0) is 6.54 Å². The number of nitrogens with zero attached hydrogens (tertiary/aromatic N) is 3. The highest BCUT2D eigenvalue weighted by atomic mass is 16.6. The average molecular weight is 428 g/mol. The molecule has 0 aliphatic rings. The summed E-state index contributed by atoms with van der Waals surface area (Å²) < 4.78 is 1.71. The largest absolute Gasteiger partial charge is 0.355 e. The maximum Gasteiger partial charge on any atom is 0.269 e. The molecule has 1 aromatic heterocycles. The van der Waals surface area contributed by atoms with Crippen LogP contribution < -0.4 is 4.90 Å². The number of fused-ring (bicyclic) bond motifs is 1. The molecule has 4 rings (SSSR count). The number of anilines is 1. The quantitative estimate of drug-likeness (QED) is 0.271. The Morgan fingerprint density at radius 2 is 1.59 bits per heavy atom. The first-order valence-corrected chi connectivity index (χ1v) is 10.6. The molecule has 1 atom stereocenters. The first-order valence-electron chi connectivity index (χ1n) is 10.6. The van der Waals surface area contributed by atoms with Crippen molar-refractivity contribution >= 4 is 28.2 Å². The summed E-state index contributed by atoms with van der Waals surface area (Å²) in [4.78, 5) is 26.6. The van der Waals surface area contributed by atoms with Gasteiger partial charge in [-0.05, 0) is 35.7 Å². The number of nitro groups is 1. The Morgan fingerprint density at radius 3 is 2.25 bits per heavy atom. The molecule has 1 heterocycles. The van der Waals surface area contributed by atoms with E-state index < -0.39 is 11.0 Å². The van der Waals surface area contributed by atoms with Gasteiger partial charge in [0.2, 0.25) is 0 Å². The van der Waals surface area contributed by atoms with Crippen LogP contribution in [0.2, 0.25) is 0 Å². The van der Waals surface area contributed by atoms with Crippen LogP contribution in [0.25, 0.3) is 10.9 Å². The van der Waals surface area contributed by atoms with E-state index in [0.717, 1.165) is 22.2 Å². The zero-order chi connectivity index (χ0) is 22.7. The second-order valence-electron chi connectivity index (χ2n) is 8.16. The van der Waals surface area contributed by atoms with Gasteiger partial charge in [-0.25, -0.2) is 0 Å². The lowest BCUT2D eigenvalue weighted by atomic mass is 9.99. The highest BCUT2D eigenvalue weighted by Crippen LogP contribution is 2.28. The third-order valence-electron chi connectivity index (χ3n) is 5.65. The summed E-state index contributed by atoms with van der Waals surface area (Å²) in [6.45, 7) is 4.56. The lowest BCUT2D eigenvalue weighted by Gasteiger charge is -2.35. The molecule has 0 saturated carbocycles. The molecule has 32 heavy (non-hydrogen) atoms. The van der Waals surface area contributed by atoms with Crippen molar-refractivity contribution in [3.8, 4) is 0 Å². The zero-order valence-electron chi connectivity index (χ0n) is 18.1. The molecule has 6 nitrogen and oxygen atoms in total. The maximum absolute atomic E-state index is 13.9. The van der Waals surface area contributed by atoms with E-state index in [2.05, 4.69) is 0 Å². The Morgan fingerprint density at radius 1 is 0.938 bits per heavy atom. The molecule has 0 aliphatic heterocycles. The van der Waals surface area contributed by atoms with Crippen LogP contribution in [0.1, 0.15) is 24.2 Å². The van der Waals surface area contributed by atoms with Crippen molar-refractivity contribution in [3.63, 3.8) is 0 Å². The van der Waals surface area contributed by atoms with E-state index in [1.165, 1.54) is 12.1 Å². The lowest BCUT2D eigenvalue weighted by Crippen LogP contribution is -2.46. The van der Waals surface area contributed by atoms with Crippen molar-refractivity contribution < 1.29 is 9.72 Å². The SMILES string of the molecule is CC(C)C(C(=O)n1ccc2ccccc21)N(Cc1ccccc1)c1ccc([N+](=O)[O-])cc1. The Labute approximate surface area is 186 Å². The number of rotatable bonds is 7. The van der Waals surface area contributed by atoms with Gasteiger partial charge in [-0.1, -0.05) is 62.4 Å². The minimum absolute atomic E-state index is 0.00238. The summed E-state index contributed by atoms with van der Waals surface area (Å²) in [5.41, 5.74) is 2.72. The molecule has 4 aromatic rings. The van der Waals surface area contributed by atoms with Gasteiger partial charge >= 0.3 is 0 Å². The van der Waals surface area contributed by atoms with Crippen molar-refractivity contribution in [2.24, 2.45) is 5.92 Å². The highest BCUT2D eigenvalue weighted by molar-refractivity contribution is 5.96. The first kappa shape index (κ1) is 21.3. The Balaban J connectivity index is 1.78. The Bertz CT molecular complexity index is 1230. The van der Waals surface area contributed by atoms with Crippen molar-refractivity contribution in [1.29, 1.82) is 0 Å². The highest BCUT2D eigenvalue weighted by Gasteiger charge is 2.31. The van der Waals surface area contributed by atoms with Gasteiger partial charge in [0.05, 0.1) is 10.4 Å². The van der Waals surface area contributed by atoms with E-state index in [9.17, 15) is 14.9 Å². The molecule has 0 amide bonds. The van der Waals surface area contributed by atoms with Gasteiger partial charge in [0, 0.05) is 35.9 Å². The molecule has 162 valence electrons. The number of hydrogen-bond donors (Lipinski definition) is 0. The Kier molecular flexibility index (Phi) is 6.03. The summed E-state index contributed by atoms with van der Waals surface area (Å²) in [6.07, 6.45) is 1.82. The third kappa shape index (κ3) is 4.25. The molecule has 0 fully saturated rings. The lowest BCUT2D eigenvalue weighted by molar-refractivity contribution is -0.384. The molecule has 0 N–H and O–H groups in total. The van der Waals surface area contributed by atoms with Crippen molar-refractivity contribution in [2.75, 3.05) is 4.90 Å². The molecular weight excluding hydrogens is 402 g/mol. The normalized spacial score (nSPS) is 12.1. The van der Waals surface area contributed by atoms with E-state index in [1.807, 2.05) is 85.6 Å². The van der Waals surface area contributed by atoms with Crippen molar-refractivity contribution in [3.05, 3.63) is 107 Å². The van der Waals surface area contributed by atoms with Gasteiger partial charge in [-0.3, -0.25) is 19.5 Å². The van der Waals surface area contributed by atoms with Crippen LogP contribution in [0.4, 0.5) is 11.4 Å². The molecular formula is C26H25N3O3. The number of nitro benzene ring substituents is 1. The molecule has 6 heteroatoms. The number of benzene rings is 3. The summed E-state index contributed by atoms with van der Waals surface area (Å²) in [7, 11) is 0. The zero-order valence-corrected chi connectivity index (χ0v) is 18.1. The van der Waals surface area contributed by atoms with Gasteiger partial charge in [0.15, 0.2) is 0 Å². The number of hydrogen-bond acceptors (Lipinski definition) is 4. The van der Waals surface area contributed by atoms with E-state index >= 15 is 0 Å². The topological polar surface area (TPSA) is 68.4 Å². The number of aromatic nitrogens is 1. The smallest absolute Gasteiger partial charge is 0.269 e. The molecule has 0 spiro atoms. The van der Waals surface area contributed by atoms with E-state index in [1.54, 1.807) is 16.7 Å². The van der Waals surface area contributed by atoms with Gasteiger partial charge in [-0.15, -0.1) is 0 Å². The van der Waals surface area contributed by atoms with Gasteiger partial charge in [-0.2, -0.15) is 0 Å². The fraction of sp³-hybridized carbons (Fsp3) is 0.192. The van der Waals surface area contributed by atoms with Crippen LogP contribution in [0.15, 0.2) is 91.1 Å². The van der Waals surface area contributed by atoms with E-state index in [0.29, 0.717) is 6.54 Å². The summed E-state index contributed by atoms with van der Waals surface area (Å²) in [5, 5.41) is 12.1. The Hall–Kier alpha value is -3.93. The first-order chi connectivity index (χ1) is 15.5. The minimum atomic E-state index is -0.465. The fourth-order valence-corrected chi connectivity index (χ4v) is 4.09. The number of non-ortho nitro benzene ring substituents is 1. The van der Waals surface area contributed by atoms with Gasteiger partial charge < -0.3 is 4.90 Å². The van der Waals surface area contributed by atoms with Crippen molar-refractivity contribution in [1.82, 2.24) is 4.57 Å². The average Bonchev–Trinajstić information content (AvgIpc) is 3.23. The number of carbonyl (C=O) groups is 1. The standard InChI is InChI=1S/C26H25N3O3/c1-19(2)25(26(30)27-17-16-21-10-6-7-11-24(21)27)28(18-20-8-4-3-5-9-20)22-12-14-23(15-13-22)29(31)32/h3-17,19,25H,18H2,1-2H3. The number of para-hydroxylation sites is 1. The molecule has 3 aromatic carbocycles. The van der Waals surface area contributed by atoms with Crippen LogP contribution in [-0.4, -0.2) is 21.4 Å². The molecule has 0 saturated heterocycles. The van der Waals surface area contributed by atoms with Crippen LogP contribution in [0.5, 0.6) is 0 Å². The number of carbonyl (C=O) groups excluding carboxylic acids is 1. The van der Waals surface area contributed by atoms with Crippen molar-refractivity contribution in [2.45, 2.75) is 26.4 Å². The van der Waals surface area contributed by atoms with E-state index in [4.69, 9.17) is 0 Å². The van der Waals surface area contributed by atoms with Gasteiger partial charge in [0.25, 0.3) is 11.6 Å². The second-order valence-corrected chi connectivity index (χ2v) is 8.16. The molecule has 0 radical (unpaired) electrons. The second kappa shape index (κ2) is 9.06. The monoisotopic (exact) mass is 427 g/mol. The predicted molar refractivity (Wildman–Crippen MR) is 127 cm³/mol. The van der Waals surface area contributed by atoms with Crippen LogP contribution in [0.3, 0.4) is 0 Å². The molecule has 0 bridgehead atoms. The fourth-order valence-electron chi connectivity index (χ4n) is 4.09. The van der Waals surface area contributed by atoms with E-state index in [-0.39, 0.29) is 17.5 Å². The maximum atomic E-state index is 13.9. The summed E-state index contributed by atoms with van der Waals surface area (Å²) in [6, 6.07) is 25.6. The predicted octanol–water partition coefficient (Wildman–Crippen LogP) is 5.92. The van der Waals surface area contributed by atoms with Crippen LogP contribution in [0, 0.1) is 16.0 Å². The van der Waals surface area contributed by atoms with Gasteiger partial charge in [0.1, 0.15) is 6.04 Å². The summed E-state index contributed by atoms with van der Waals surface area (Å²) >= 11 is 0. The minimum Gasteiger partial charge on any atom is -0.355 e.